The fourth-order valence-corrected chi connectivity index (χ4v) is 2.65. The Hall–Kier alpha value is -2.49. The lowest BCUT2D eigenvalue weighted by Crippen LogP contribution is -2.35. The zero-order chi connectivity index (χ0) is 15.9. The van der Waals surface area contributed by atoms with Gasteiger partial charge in [-0.3, -0.25) is 4.79 Å². The fraction of sp³-hybridized carbons (Fsp3) is 0.316. The van der Waals surface area contributed by atoms with Crippen molar-refractivity contribution in [1.29, 1.82) is 0 Å². The molecule has 0 saturated heterocycles. The standard InChI is InChI=1S/C19H21NO3/c21-19(10-11-22-17-7-2-1-3-8-17)20-13-15-12-16-6-4-5-9-18(16)23-14-15/h1-9,15H,10-14H2,(H,20,21). The Morgan fingerprint density at radius 2 is 1.91 bits per heavy atom. The van der Waals surface area contributed by atoms with E-state index < -0.39 is 0 Å². The van der Waals surface area contributed by atoms with Crippen molar-refractivity contribution in [3.63, 3.8) is 0 Å². The van der Waals surface area contributed by atoms with Crippen LogP contribution in [0.5, 0.6) is 11.5 Å². The molecule has 0 fully saturated rings. The SMILES string of the molecule is O=C(CCOc1ccccc1)NCC1COc2ccccc2C1. The number of hydrogen-bond donors (Lipinski definition) is 1. The molecule has 1 aliphatic heterocycles. The number of hydrogen-bond acceptors (Lipinski definition) is 3. The van der Waals surface area contributed by atoms with E-state index >= 15 is 0 Å². The van der Waals surface area contributed by atoms with Crippen molar-refractivity contribution in [3.8, 4) is 11.5 Å². The maximum Gasteiger partial charge on any atom is 0.223 e. The molecule has 1 heterocycles. The minimum Gasteiger partial charge on any atom is -0.493 e. The molecule has 23 heavy (non-hydrogen) atoms. The summed E-state index contributed by atoms with van der Waals surface area (Å²) in [6, 6.07) is 17.6. The van der Waals surface area contributed by atoms with Crippen LogP contribution in [0.25, 0.3) is 0 Å². The van der Waals surface area contributed by atoms with E-state index in [4.69, 9.17) is 9.47 Å². The quantitative estimate of drug-likeness (QED) is 0.892. The maximum atomic E-state index is 11.9. The van der Waals surface area contributed by atoms with Crippen molar-refractivity contribution in [3.05, 3.63) is 60.2 Å². The third-order valence-corrected chi connectivity index (χ3v) is 3.88. The topological polar surface area (TPSA) is 47.6 Å². The molecule has 0 bridgehead atoms. The first kappa shape index (κ1) is 15.4. The molecule has 4 nitrogen and oxygen atoms in total. The van der Waals surface area contributed by atoms with Crippen molar-refractivity contribution in [1.82, 2.24) is 5.32 Å². The predicted octanol–water partition coefficient (Wildman–Crippen LogP) is 2.82. The van der Waals surface area contributed by atoms with Gasteiger partial charge in [-0.05, 0) is 30.2 Å². The first-order chi connectivity index (χ1) is 11.3. The van der Waals surface area contributed by atoms with Gasteiger partial charge in [0, 0.05) is 12.5 Å². The van der Waals surface area contributed by atoms with Gasteiger partial charge in [0.2, 0.25) is 5.91 Å². The highest BCUT2D eigenvalue weighted by Crippen LogP contribution is 2.26. The number of para-hydroxylation sites is 2. The Bertz CT molecular complexity index is 642. The zero-order valence-electron chi connectivity index (χ0n) is 13.0. The van der Waals surface area contributed by atoms with Crippen LogP contribution in [0.3, 0.4) is 0 Å². The highest BCUT2D eigenvalue weighted by molar-refractivity contribution is 5.76. The second-order valence-electron chi connectivity index (χ2n) is 5.70. The Morgan fingerprint density at radius 1 is 1.13 bits per heavy atom. The van der Waals surface area contributed by atoms with Crippen molar-refractivity contribution < 1.29 is 14.3 Å². The van der Waals surface area contributed by atoms with Crippen LogP contribution in [0, 0.1) is 5.92 Å². The van der Waals surface area contributed by atoms with Gasteiger partial charge in [0.15, 0.2) is 0 Å². The number of carbonyl (C=O) groups is 1. The van der Waals surface area contributed by atoms with E-state index in [0.29, 0.717) is 32.1 Å². The lowest BCUT2D eigenvalue weighted by Gasteiger charge is -2.25. The summed E-state index contributed by atoms with van der Waals surface area (Å²) in [6.45, 7) is 1.68. The molecule has 0 aromatic heterocycles. The van der Waals surface area contributed by atoms with Gasteiger partial charge in [0.25, 0.3) is 0 Å². The number of fused-ring (bicyclic) bond motifs is 1. The molecule has 1 unspecified atom stereocenters. The molecule has 1 atom stereocenters. The Kier molecular flexibility index (Phi) is 5.14. The van der Waals surface area contributed by atoms with Crippen LogP contribution in [-0.4, -0.2) is 25.7 Å². The van der Waals surface area contributed by atoms with Crippen molar-refractivity contribution >= 4 is 5.91 Å². The van der Waals surface area contributed by atoms with E-state index in [1.165, 1.54) is 5.56 Å². The largest absolute Gasteiger partial charge is 0.493 e. The Labute approximate surface area is 136 Å². The minimum absolute atomic E-state index is 0.0137. The Morgan fingerprint density at radius 3 is 2.78 bits per heavy atom. The predicted molar refractivity (Wildman–Crippen MR) is 88.7 cm³/mol. The number of rotatable bonds is 6. The summed E-state index contributed by atoms with van der Waals surface area (Å²) in [4.78, 5) is 11.9. The van der Waals surface area contributed by atoms with Gasteiger partial charge < -0.3 is 14.8 Å². The number of carbonyl (C=O) groups excluding carboxylic acids is 1. The third kappa shape index (κ3) is 4.49. The normalized spacial score (nSPS) is 16.1. The van der Waals surface area contributed by atoms with E-state index in [1.54, 1.807) is 0 Å². The summed E-state index contributed by atoms with van der Waals surface area (Å²) < 4.78 is 11.3. The molecule has 1 N–H and O–H groups in total. The molecule has 0 saturated carbocycles. The van der Waals surface area contributed by atoms with Crippen LogP contribution < -0.4 is 14.8 Å². The minimum atomic E-state index is 0.0137. The van der Waals surface area contributed by atoms with Crippen LogP contribution in [0.1, 0.15) is 12.0 Å². The van der Waals surface area contributed by atoms with Crippen LogP contribution in [0.15, 0.2) is 54.6 Å². The zero-order valence-corrected chi connectivity index (χ0v) is 13.0. The molecule has 1 aliphatic rings. The van der Waals surface area contributed by atoms with Gasteiger partial charge in [-0.2, -0.15) is 0 Å². The van der Waals surface area contributed by atoms with Crippen LogP contribution in [0.4, 0.5) is 0 Å². The van der Waals surface area contributed by atoms with Crippen molar-refractivity contribution in [2.45, 2.75) is 12.8 Å². The first-order valence-corrected chi connectivity index (χ1v) is 7.96. The van der Waals surface area contributed by atoms with E-state index in [0.717, 1.165) is 17.9 Å². The monoisotopic (exact) mass is 311 g/mol. The summed E-state index contributed by atoms with van der Waals surface area (Å²) in [7, 11) is 0. The van der Waals surface area contributed by atoms with Crippen LogP contribution >= 0.6 is 0 Å². The molecule has 1 amide bonds. The van der Waals surface area contributed by atoms with E-state index in [-0.39, 0.29) is 5.91 Å². The third-order valence-electron chi connectivity index (χ3n) is 3.88. The molecule has 2 aromatic carbocycles. The lowest BCUT2D eigenvalue weighted by molar-refractivity contribution is -0.121. The summed E-state index contributed by atoms with van der Waals surface area (Å²) in [5.74, 6) is 2.09. The first-order valence-electron chi connectivity index (χ1n) is 7.96. The molecule has 4 heteroatoms. The van der Waals surface area contributed by atoms with Crippen molar-refractivity contribution in [2.75, 3.05) is 19.8 Å². The molecule has 0 spiro atoms. The molecular formula is C19H21NO3. The average Bonchev–Trinajstić information content (AvgIpc) is 2.61. The highest BCUT2D eigenvalue weighted by atomic mass is 16.5. The highest BCUT2D eigenvalue weighted by Gasteiger charge is 2.19. The fourth-order valence-electron chi connectivity index (χ4n) is 2.65. The molecule has 2 aromatic rings. The van der Waals surface area contributed by atoms with Gasteiger partial charge in [-0.15, -0.1) is 0 Å². The van der Waals surface area contributed by atoms with Gasteiger partial charge in [-0.25, -0.2) is 0 Å². The van der Waals surface area contributed by atoms with E-state index in [1.807, 2.05) is 48.5 Å². The van der Waals surface area contributed by atoms with Gasteiger partial charge in [-0.1, -0.05) is 36.4 Å². The molecule has 0 radical (unpaired) electrons. The summed E-state index contributed by atoms with van der Waals surface area (Å²) in [5, 5.41) is 2.97. The summed E-state index contributed by atoms with van der Waals surface area (Å²) >= 11 is 0. The second kappa shape index (κ2) is 7.68. The second-order valence-corrected chi connectivity index (χ2v) is 5.70. The van der Waals surface area contributed by atoms with Crippen LogP contribution in [-0.2, 0) is 11.2 Å². The van der Waals surface area contributed by atoms with Gasteiger partial charge >= 0.3 is 0 Å². The van der Waals surface area contributed by atoms with Gasteiger partial charge in [0.1, 0.15) is 11.5 Å². The maximum absolute atomic E-state index is 11.9. The molecule has 120 valence electrons. The van der Waals surface area contributed by atoms with Crippen LogP contribution in [0.2, 0.25) is 0 Å². The number of benzene rings is 2. The van der Waals surface area contributed by atoms with Gasteiger partial charge in [0.05, 0.1) is 19.6 Å². The lowest BCUT2D eigenvalue weighted by atomic mass is 9.97. The molecule has 0 aliphatic carbocycles. The number of amides is 1. The smallest absolute Gasteiger partial charge is 0.223 e. The average molecular weight is 311 g/mol. The summed E-state index contributed by atoms with van der Waals surface area (Å²) in [6.07, 6.45) is 1.30. The molecular weight excluding hydrogens is 290 g/mol. The van der Waals surface area contributed by atoms with E-state index in [2.05, 4.69) is 11.4 Å². The number of ether oxygens (including phenoxy) is 2. The van der Waals surface area contributed by atoms with E-state index in [9.17, 15) is 4.79 Å². The Balaban J connectivity index is 1.37. The summed E-state index contributed by atoms with van der Waals surface area (Å²) in [5.41, 5.74) is 1.21. The number of nitrogens with one attached hydrogen (secondary N) is 1. The van der Waals surface area contributed by atoms with Crippen molar-refractivity contribution in [2.24, 2.45) is 5.92 Å². The molecule has 3 rings (SSSR count).